The Hall–Kier alpha value is -1.36. The number of nitrogens with two attached hydrogens (primary N) is 1. The zero-order valence-corrected chi connectivity index (χ0v) is 9.69. The summed E-state index contributed by atoms with van der Waals surface area (Å²) in [5.74, 6) is 2.08. The second-order valence-electron chi connectivity index (χ2n) is 4.46. The largest absolute Gasteiger partial charge is 0.384 e. The monoisotopic (exact) mass is 221 g/mol. The fraction of sp³-hybridized carbons (Fsp3) is 0.636. The molecule has 1 aromatic rings. The summed E-state index contributed by atoms with van der Waals surface area (Å²) in [6.45, 7) is 3.36. The molecule has 0 bridgehead atoms. The first kappa shape index (κ1) is 11.1. The van der Waals surface area contributed by atoms with Crippen molar-refractivity contribution in [3.8, 4) is 0 Å². The molecule has 0 unspecified atom stereocenters. The molecule has 0 radical (unpaired) electrons. The van der Waals surface area contributed by atoms with E-state index >= 15 is 0 Å². The molecule has 1 aliphatic heterocycles. The molecular formula is C11H19N5. The van der Waals surface area contributed by atoms with Crippen LogP contribution in [0.1, 0.15) is 12.8 Å². The van der Waals surface area contributed by atoms with Crippen molar-refractivity contribution in [1.82, 2.24) is 14.9 Å². The number of aromatic nitrogens is 2. The molecule has 88 valence electrons. The van der Waals surface area contributed by atoms with E-state index in [1.165, 1.54) is 32.3 Å². The molecule has 0 atom stereocenters. The lowest BCUT2D eigenvalue weighted by Crippen LogP contribution is -2.33. The number of hydrogen-bond donors (Lipinski definition) is 2. The van der Waals surface area contributed by atoms with E-state index < -0.39 is 0 Å². The van der Waals surface area contributed by atoms with E-state index in [0.29, 0.717) is 5.82 Å². The Balaban J connectivity index is 1.79. The van der Waals surface area contributed by atoms with Crippen LogP contribution in [0.5, 0.6) is 0 Å². The highest BCUT2D eigenvalue weighted by Crippen LogP contribution is 2.16. The molecule has 0 amide bonds. The maximum atomic E-state index is 5.59. The van der Waals surface area contributed by atoms with Crippen molar-refractivity contribution in [3.63, 3.8) is 0 Å². The van der Waals surface area contributed by atoms with Crippen LogP contribution in [0.25, 0.3) is 0 Å². The zero-order valence-electron chi connectivity index (χ0n) is 9.69. The van der Waals surface area contributed by atoms with Gasteiger partial charge in [0.2, 0.25) is 0 Å². The molecule has 0 spiro atoms. The summed E-state index contributed by atoms with van der Waals surface area (Å²) in [6.07, 6.45) is 4.00. The lowest BCUT2D eigenvalue weighted by atomic mass is 9.97. The van der Waals surface area contributed by atoms with Gasteiger partial charge in [0.05, 0.1) is 0 Å². The van der Waals surface area contributed by atoms with Crippen molar-refractivity contribution in [3.05, 3.63) is 12.4 Å². The van der Waals surface area contributed by atoms with Crippen LogP contribution in [-0.2, 0) is 0 Å². The number of hydrogen-bond acceptors (Lipinski definition) is 5. The summed E-state index contributed by atoms with van der Waals surface area (Å²) >= 11 is 0. The van der Waals surface area contributed by atoms with Crippen LogP contribution in [0.3, 0.4) is 0 Å². The Bertz CT molecular complexity index is 333. The zero-order chi connectivity index (χ0) is 11.4. The predicted molar refractivity (Wildman–Crippen MR) is 65.2 cm³/mol. The average Bonchev–Trinajstić information content (AvgIpc) is 2.28. The molecule has 5 nitrogen and oxygen atoms in total. The second-order valence-corrected chi connectivity index (χ2v) is 4.46. The summed E-state index contributed by atoms with van der Waals surface area (Å²) in [5, 5.41) is 3.32. The van der Waals surface area contributed by atoms with E-state index in [4.69, 9.17) is 5.73 Å². The van der Waals surface area contributed by atoms with E-state index in [2.05, 4.69) is 27.2 Å². The van der Waals surface area contributed by atoms with Gasteiger partial charge < -0.3 is 16.0 Å². The Morgan fingerprint density at radius 3 is 2.88 bits per heavy atom. The number of anilines is 2. The van der Waals surface area contributed by atoms with Gasteiger partial charge in [-0.15, -0.1) is 0 Å². The van der Waals surface area contributed by atoms with E-state index in [-0.39, 0.29) is 0 Å². The summed E-state index contributed by atoms with van der Waals surface area (Å²) in [7, 11) is 2.18. The molecule has 1 saturated heterocycles. The molecule has 2 heterocycles. The standard InChI is InChI=1S/C11H19N5/c1-16-4-2-9(3-5-16)7-13-11-6-10(12)14-8-15-11/h6,8-9H,2-5,7H2,1H3,(H3,12,13,14,15). The third-order valence-electron chi connectivity index (χ3n) is 3.10. The van der Waals surface area contributed by atoms with Crippen molar-refractivity contribution < 1.29 is 0 Å². The van der Waals surface area contributed by atoms with E-state index in [0.717, 1.165) is 18.3 Å². The lowest BCUT2D eigenvalue weighted by Gasteiger charge is -2.29. The lowest BCUT2D eigenvalue weighted by molar-refractivity contribution is 0.226. The van der Waals surface area contributed by atoms with Gasteiger partial charge in [-0.05, 0) is 38.9 Å². The fourth-order valence-electron chi connectivity index (χ4n) is 1.98. The minimum atomic E-state index is 0.515. The summed E-state index contributed by atoms with van der Waals surface area (Å²) in [4.78, 5) is 10.4. The Morgan fingerprint density at radius 1 is 1.44 bits per heavy atom. The Morgan fingerprint density at radius 2 is 2.19 bits per heavy atom. The summed E-state index contributed by atoms with van der Waals surface area (Å²) in [5.41, 5.74) is 5.59. The van der Waals surface area contributed by atoms with Crippen molar-refractivity contribution in [2.75, 3.05) is 37.7 Å². The fourth-order valence-corrected chi connectivity index (χ4v) is 1.98. The van der Waals surface area contributed by atoms with Crippen molar-refractivity contribution in [2.45, 2.75) is 12.8 Å². The van der Waals surface area contributed by atoms with Crippen molar-refractivity contribution in [1.29, 1.82) is 0 Å². The Labute approximate surface area is 96.1 Å². The topological polar surface area (TPSA) is 67.1 Å². The predicted octanol–water partition coefficient (Wildman–Crippen LogP) is 0.812. The van der Waals surface area contributed by atoms with Crippen molar-refractivity contribution in [2.24, 2.45) is 5.92 Å². The highest BCUT2D eigenvalue weighted by molar-refractivity contribution is 5.43. The highest BCUT2D eigenvalue weighted by Gasteiger charge is 2.16. The van der Waals surface area contributed by atoms with Gasteiger partial charge in [-0.2, -0.15) is 0 Å². The van der Waals surface area contributed by atoms with E-state index in [1.807, 2.05) is 0 Å². The molecule has 0 saturated carbocycles. The number of nitrogen functional groups attached to an aromatic ring is 1. The maximum Gasteiger partial charge on any atom is 0.131 e. The number of rotatable bonds is 3. The van der Waals surface area contributed by atoms with Gasteiger partial charge in [-0.3, -0.25) is 0 Å². The molecule has 5 heteroatoms. The molecule has 1 aliphatic rings. The van der Waals surface area contributed by atoms with Gasteiger partial charge in [0.25, 0.3) is 0 Å². The van der Waals surface area contributed by atoms with Crippen molar-refractivity contribution >= 4 is 11.6 Å². The van der Waals surface area contributed by atoms with Crippen LogP contribution in [0.4, 0.5) is 11.6 Å². The third kappa shape index (κ3) is 3.06. The summed E-state index contributed by atoms with van der Waals surface area (Å²) in [6, 6.07) is 1.77. The highest BCUT2D eigenvalue weighted by atomic mass is 15.1. The van der Waals surface area contributed by atoms with Gasteiger partial charge in [-0.1, -0.05) is 0 Å². The molecular weight excluding hydrogens is 202 g/mol. The van der Waals surface area contributed by atoms with E-state index in [1.54, 1.807) is 6.07 Å². The normalized spacial score (nSPS) is 18.6. The van der Waals surface area contributed by atoms with Gasteiger partial charge in [0, 0.05) is 12.6 Å². The number of nitrogens with one attached hydrogen (secondary N) is 1. The molecule has 3 N–H and O–H groups in total. The maximum absolute atomic E-state index is 5.59. The number of likely N-dealkylation sites (tertiary alicyclic amines) is 1. The first-order valence-corrected chi connectivity index (χ1v) is 5.74. The molecule has 2 rings (SSSR count). The van der Waals surface area contributed by atoms with Crippen LogP contribution < -0.4 is 11.1 Å². The van der Waals surface area contributed by atoms with Crippen LogP contribution in [0.15, 0.2) is 12.4 Å². The van der Waals surface area contributed by atoms with Crippen LogP contribution in [-0.4, -0.2) is 41.5 Å². The first-order chi connectivity index (χ1) is 7.74. The Kier molecular flexibility index (Phi) is 3.56. The molecule has 0 aliphatic carbocycles. The number of piperidine rings is 1. The summed E-state index contributed by atoms with van der Waals surface area (Å²) < 4.78 is 0. The van der Waals surface area contributed by atoms with Gasteiger partial charge >= 0.3 is 0 Å². The average molecular weight is 221 g/mol. The molecule has 1 fully saturated rings. The van der Waals surface area contributed by atoms with E-state index in [9.17, 15) is 0 Å². The smallest absolute Gasteiger partial charge is 0.131 e. The third-order valence-corrected chi connectivity index (χ3v) is 3.10. The molecule has 16 heavy (non-hydrogen) atoms. The quantitative estimate of drug-likeness (QED) is 0.790. The first-order valence-electron chi connectivity index (χ1n) is 5.74. The van der Waals surface area contributed by atoms with Crippen LogP contribution in [0, 0.1) is 5.92 Å². The number of nitrogens with zero attached hydrogens (tertiary/aromatic N) is 3. The minimum absolute atomic E-state index is 0.515. The van der Waals surface area contributed by atoms with Crippen LogP contribution in [0.2, 0.25) is 0 Å². The van der Waals surface area contributed by atoms with Crippen LogP contribution >= 0.6 is 0 Å². The van der Waals surface area contributed by atoms with Gasteiger partial charge in [-0.25, -0.2) is 9.97 Å². The molecule has 1 aromatic heterocycles. The van der Waals surface area contributed by atoms with Gasteiger partial charge in [0.1, 0.15) is 18.0 Å². The van der Waals surface area contributed by atoms with Gasteiger partial charge in [0.15, 0.2) is 0 Å². The SMILES string of the molecule is CN1CCC(CNc2cc(N)ncn2)CC1. The molecule has 0 aromatic carbocycles. The second kappa shape index (κ2) is 5.12. The minimum Gasteiger partial charge on any atom is -0.384 e.